The van der Waals surface area contributed by atoms with Crippen molar-refractivity contribution in [2.24, 2.45) is 5.92 Å². The van der Waals surface area contributed by atoms with Gasteiger partial charge in [-0.1, -0.05) is 25.4 Å². The quantitative estimate of drug-likeness (QED) is 0.812. The molecule has 2 N–H and O–H groups in total. The Morgan fingerprint density at radius 1 is 1.18 bits per heavy atom. The first-order valence-corrected chi connectivity index (χ1v) is 7.48. The lowest BCUT2D eigenvalue weighted by atomic mass is 10.1. The van der Waals surface area contributed by atoms with Crippen LogP contribution in [0, 0.1) is 12.8 Å². The van der Waals surface area contributed by atoms with Gasteiger partial charge in [0.15, 0.2) is 0 Å². The summed E-state index contributed by atoms with van der Waals surface area (Å²) in [6.45, 7) is 5.81. The van der Waals surface area contributed by atoms with E-state index in [0.717, 1.165) is 11.4 Å². The molecule has 0 spiro atoms. The number of anilines is 3. The zero-order valence-electron chi connectivity index (χ0n) is 12.9. The molecule has 0 saturated heterocycles. The normalized spacial score (nSPS) is 10.6. The molecule has 1 heterocycles. The fourth-order valence-corrected chi connectivity index (χ4v) is 2.19. The molecule has 0 aliphatic carbocycles. The van der Waals surface area contributed by atoms with Crippen LogP contribution in [-0.4, -0.2) is 15.9 Å². The predicted octanol–water partition coefficient (Wildman–Crippen LogP) is 4.17. The van der Waals surface area contributed by atoms with Crippen LogP contribution in [0.1, 0.15) is 26.1 Å². The molecule has 6 heteroatoms. The lowest BCUT2D eigenvalue weighted by Gasteiger charge is -2.09. The molecule has 5 nitrogen and oxygen atoms in total. The number of nitrogens with one attached hydrogen (secondary N) is 2. The fourth-order valence-electron chi connectivity index (χ4n) is 1.96. The van der Waals surface area contributed by atoms with Gasteiger partial charge in [-0.05, 0) is 37.1 Å². The minimum atomic E-state index is 0.0221. The number of carbonyl (C=O) groups is 1. The Morgan fingerprint density at radius 2 is 1.82 bits per heavy atom. The minimum Gasteiger partial charge on any atom is -0.340 e. The van der Waals surface area contributed by atoms with Gasteiger partial charge in [0.2, 0.25) is 5.91 Å². The molecule has 0 radical (unpaired) electrons. The molecule has 0 fully saturated rings. The third kappa shape index (κ3) is 5.00. The second-order valence-electron chi connectivity index (χ2n) is 5.47. The van der Waals surface area contributed by atoms with Crippen LogP contribution in [0.5, 0.6) is 0 Å². The first kappa shape index (κ1) is 16.2. The Morgan fingerprint density at radius 3 is 2.41 bits per heavy atom. The average Bonchev–Trinajstić information content (AvgIpc) is 2.39. The van der Waals surface area contributed by atoms with E-state index in [-0.39, 0.29) is 5.91 Å². The van der Waals surface area contributed by atoms with Crippen molar-refractivity contribution in [3.8, 4) is 0 Å². The van der Waals surface area contributed by atoms with Crippen molar-refractivity contribution in [2.75, 3.05) is 10.6 Å². The van der Waals surface area contributed by atoms with E-state index in [0.29, 0.717) is 29.1 Å². The second-order valence-corrected chi connectivity index (χ2v) is 5.86. The molecule has 0 unspecified atom stereocenters. The summed E-state index contributed by atoms with van der Waals surface area (Å²) in [5.41, 5.74) is 1.63. The summed E-state index contributed by atoms with van der Waals surface area (Å²) >= 11 is 5.90. The number of benzene rings is 1. The van der Waals surface area contributed by atoms with Crippen LogP contribution in [0.3, 0.4) is 0 Å². The number of hydrogen-bond donors (Lipinski definition) is 2. The fraction of sp³-hybridized carbons (Fsp3) is 0.312. The highest BCUT2D eigenvalue weighted by Crippen LogP contribution is 2.19. The number of hydrogen-bond acceptors (Lipinski definition) is 4. The van der Waals surface area contributed by atoms with Gasteiger partial charge in [-0.3, -0.25) is 4.79 Å². The third-order valence-corrected chi connectivity index (χ3v) is 3.04. The molecular weight excluding hydrogens is 300 g/mol. The number of rotatable bonds is 5. The summed E-state index contributed by atoms with van der Waals surface area (Å²) in [6.07, 6.45) is 0.513. The molecule has 0 bridgehead atoms. The Balaban J connectivity index is 2.01. The van der Waals surface area contributed by atoms with Crippen molar-refractivity contribution < 1.29 is 4.79 Å². The molecular formula is C16H19ClN4O. The van der Waals surface area contributed by atoms with E-state index in [1.165, 1.54) is 0 Å². The van der Waals surface area contributed by atoms with Crippen molar-refractivity contribution in [2.45, 2.75) is 27.2 Å². The highest BCUT2D eigenvalue weighted by molar-refractivity contribution is 6.29. The second kappa shape index (κ2) is 7.22. The van der Waals surface area contributed by atoms with Crippen LogP contribution >= 0.6 is 11.6 Å². The summed E-state index contributed by atoms with van der Waals surface area (Å²) in [6, 6.07) is 9.09. The SMILES string of the molecule is Cc1nc(Cl)cc(Nc2ccc(NC(=O)CC(C)C)cc2)n1. The number of aryl methyl sites for hydroxylation is 1. The lowest BCUT2D eigenvalue weighted by Crippen LogP contribution is -2.13. The van der Waals surface area contributed by atoms with Gasteiger partial charge in [-0.15, -0.1) is 0 Å². The van der Waals surface area contributed by atoms with Gasteiger partial charge in [0, 0.05) is 23.9 Å². The van der Waals surface area contributed by atoms with Crippen LogP contribution in [0.15, 0.2) is 30.3 Å². The molecule has 1 aromatic heterocycles. The van der Waals surface area contributed by atoms with Crippen LogP contribution in [0.2, 0.25) is 5.15 Å². The Labute approximate surface area is 135 Å². The van der Waals surface area contributed by atoms with E-state index in [2.05, 4.69) is 20.6 Å². The molecule has 116 valence electrons. The smallest absolute Gasteiger partial charge is 0.224 e. The number of halogens is 1. The van der Waals surface area contributed by atoms with Crippen molar-refractivity contribution in [1.82, 2.24) is 9.97 Å². The van der Waals surface area contributed by atoms with E-state index >= 15 is 0 Å². The number of carbonyl (C=O) groups excluding carboxylic acids is 1. The number of nitrogens with zero attached hydrogens (tertiary/aromatic N) is 2. The Bertz CT molecular complexity index is 635. The molecule has 22 heavy (non-hydrogen) atoms. The molecule has 0 atom stereocenters. The Hall–Kier alpha value is -2.14. The van der Waals surface area contributed by atoms with E-state index in [4.69, 9.17) is 11.6 Å². The largest absolute Gasteiger partial charge is 0.340 e. The maximum Gasteiger partial charge on any atom is 0.224 e. The van der Waals surface area contributed by atoms with Crippen molar-refractivity contribution in [3.63, 3.8) is 0 Å². The first-order chi connectivity index (χ1) is 10.4. The van der Waals surface area contributed by atoms with Gasteiger partial charge < -0.3 is 10.6 Å². The summed E-state index contributed by atoms with van der Waals surface area (Å²) in [5.74, 6) is 1.60. The van der Waals surface area contributed by atoms with Crippen molar-refractivity contribution in [3.05, 3.63) is 41.3 Å². The maximum atomic E-state index is 11.7. The maximum absolute atomic E-state index is 11.7. The molecule has 2 aromatic rings. The van der Waals surface area contributed by atoms with Crippen LogP contribution in [0.25, 0.3) is 0 Å². The summed E-state index contributed by atoms with van der Waals surface area (Å²) in [4.78, 5) is 20.0. The number of amides is 1. The highest BCUT2D eigenvalue weighted by atomic mass is 35.5. The average molecular weight is 319 g/mol. The lowest BCUT2D eigenvalue weighted by molar-refractivity contribution is -0.116. The van der Waals surface area contributed by atoms with Crippen LogP contribution in [0.4, 0.5) is 17.2 Å². The molecule has 0 saturated carbocycles. The van der Waals surface area contributed by atoms with E-state index in [9.17, 15) is 4.79 Å². The molecule has 1 amide bonds. The third-order valence-electron chi connectivity index (χ3n) is 2.84. The summed E-state index contributed by atoms with van der Waals surface area (Å²) in [7, 11) is 0. The van der Waals surface area contributed by atoms with E-state index in [1.807, 2.05) is 38.1 Å². The monoisotopic (exact) mass is 318 g/mol. The van der Waals surface area contributed by atoms with Gasteiger partial charge >= 0.3 is 0 Å². The molecule has 2 rings (SSSR count). The number of aromatic nitrogens is 2. The van der Waals surface area contributed by atoms with E-state index in [1.54, 1.807) is 13.0 Å². The molecule has 1 aromatic carbocycles. The van der Waals surface area contributed by atoms with Crippen LogP contribution < -0.4 is 10.6 Å². The van der Waals surface area contributed by atoms with Gasteiger partial charge in [-0.2, -0.15) is 0 Å². The zero-order chi connectivity index (χ0) is 16.1. The predicted molar refractivity (Wildman–Crippen MR) is 89.6 cm³/mol. The van der Waals surface area contributed by atoms with E-state index < -0.39 is 0 Å². The van der Waals surface area contributed by atoms with Gasteiger partial charge in [-0.25, -0.2) is 9.97 Å². The summed E-state index contributed by atoms with van der Waals surface area (Å²) in [5, 5.41) is 6.42. The van der Waals surface area contributed by atoms with Gasteiger partial charge in [0.1, 0.15) is 16.8 Å². The Kier molecular flexibility index (Phi) is 5.33. The van der Waals surface area contributed by atoms with Gasteiger partial charge in [0.05, 0.1) is 0 Å². The minimum absolute atomic E-state index is 0.0221. The van der Waals surface area contributed by atoms with Crippen LogP contribution in [-0.2, 0) is 4.79 Å². The highest BCUT2D eigenvalue weighted by Gasteiger charge is 2.05. The van der Waals surface area contributed by atoms with Gasteiger partial charge in [0.25, 0.3) is 0 Å². The summed E-state index contributed by atoms with van der Waals surface area (Å²) < 4.78 is 0. The molecule has 0 aliphatic rings. The standard InChI is InChI=1S/C16H19ClN4O/c1-10(2)8-16(22)21-13-6-4-12(5-7-13)20-15-9-14(17)18-11(3)19-15/h4-7,9-10H,8H2,1-3H3,(H,21,22)(H,18,19,20). The van der Waals surface area contributed by atoms with Crippen molar-refractivity contribution in [1.29, 1.82) is 0 Å². The molecule has 0 aliphatic heterocycles. The first-order valence-electron chi connectivity index (χ1n) is 7.10. The zero-order valence-corrected chi connectivity index (χ0v) is 13.6. The van der Waals surface area contributed by atoms with Crippen molar-refractivity contribution >= 4 is 34.7 Å². The topological polar surface area (TPSA) is 66.9 Å².